The highest BCUT2D eigenvalue weighted by molar-refractivity contribution is 5.45. The molecule has 10 nitrogen and oxygen atoms in total. The maximum Gasteiger partial charge on any atom is 0.358 e. The van der Waals surface area contributed by atoms with E-state index in [9.17, 15) is 9.59 Å². The largest absolute Gasteiger partial charge is 0.358 e. The van der Waals surface area contributed by atoms with Gasteiger partial charge in [-0.2, -0.15) is 14.5 Å². The third-order valence-corrected chi connectivity index (χ3v) is 4.73. The van der Waals surface area contributed by atoms with E-state index in [2.05, 4.69) is 20.4 Å². The number of hydrogen-bond acceptors (Lipinski definition) is 6. The zero-order valence-corrected chi connectivity index (χ0v) is 16.2. The monoisotopic (exact) mass is 400 g/mol. The van der Waals surface area contributed by atoms with Crippen molar-refractivity contribution in [3.63, 3.8) is 0 Å². The summed E-state index contributed by atoms with van der Waals surface area (Å²) in [7, 11) is 0. The maximum atomic E-state index is 13.3. The number of para-hydroxylation sites is 2. The van der Waals surface area contributed by atoms with Crippen molar-refractivity contribution in [3.8, 4) is 17.3 Å². The first-order chi connectivity index (χ1) is 14.6. The minimum Gasteiger partial charge on any atom is -0.245 e. The summed E-state index contributed by atoms with van der Waals surface area (Å²) < 4.78 is 5.07. The Morgan fingerprint density at radius 1 is 0.700 bits per heavy atom. The molecule has 0 saturated carbocycles. The molecule has 0 bridgehead atoms. The molecule has 0 aliphatic carbocycles. The lowest BCUT2D eigenvalue weighted by molar-refractivity contribution is 0.713. The van der Waals surface area contributed by atoms with Gasteiger partial charge in [-0.25, -0.2) is 18.6 Å². The van der Waals surface area contributed by atoms with Crippen LogP contribution in [-0.2, 0) is 0 Å². The number of nitrogens with zero attached hydrogens (tertiary/aromatic N) is 8. The first-order valence-corrected chi connectivity index (χ1v) is 9.21. The molecule has 0 saturated heterocycles. The topological polar surface area (TPSA) is 105 Å². The minimum absolute atomic E-state index is 0.0647. The highest BCUT2D eigenvalue weighted by atomic mass is 16.2. The van der Waals surface area contributed by atoms with Gasteiger partial charge in [-0.3, -0.25) is 0 Å². The lowest BCUT2D eigenvalue weighted by atomic mass is 10.3. The van der Waals surface area contributed by atoms with Crippen molar-refractivity contribution in [2.45, 2.75) is 13.8 Å². The molecular formula is C20H16N8O2. The summed E-state index contributed by atoms with van der Waals surface area (Å²) in [5, 5.41) is 16.9. The summed E-state index contributed by atoms with van der Waals surface area (Å²) in [4.78, 5) is 26.4. The molecule has 0 atom stereocenters. The van der Waals surface area contributed by atoms with E-state index < -0.39 is 11.4 Å². The second-order valence-electron chi connectivity index (χ2n) is 6.69. The van der Waals surface area contributed by atoms with E-state index in [0.29, 0.717) is 22.9 Å². The van der Waals surface area contributed by atoms with Gasteiger partial charge < -0.3 is 0 Å². The Morgan fingerprint density at radius 2 is 1.27 bits per heavy atom. The van der Waals surface area contributed by atoms with Crippen molar-refractivity contribution in [3.05, 3.63) is 93.2 Å². The second-order valence-corrected chi connectivity index (χ2v) is 6.69. The molecule has 0 aliphatic heterocycles. The predicted molar refractivity (Wildman–Crippen MR) is 109 cm³/mol. The average Bonchev–Trinajstić information content (AvgIpc) is 3.33. The molecule has 0 aliphatic rings. The Balaban J connectivity index is 1.80. The molecule has 3 heterocycles. The smallest absolute Gasteiger partial charge is 0.245 e. The molecule has 30 heavy (non-hydrogen) atoms. The molecule has 5 aromatic rings. The lowest BCUT2D eigenvalue weighted by Gasteiger charge is -2.07. The van der Waals surface area contributed by atoms with Gasteiger partial charge in [0.25, 0.3) is 0 Å². The van der Waals surface area contributed by atoms with Gasteiger partial charge in [0.15, 0.2) is 5.65 Å². The van der Waals surface area contributed by atoms with Gasteiger partial charge in [0.1, 0.15) is 11.5 Å². The standard InChI is InChI=1S/C20H16N8O2/c1-13-17-21-22-18(26(17)20(30)27(23-13)15-9-5-3-6-10-15)25-14(2)24-28(19(25)29)16-11-7-4-8-12-16/h3-12H,1-2H3. The van der Waals surface area contributed by atoms with Crippen LogP contribution in [0.25, 0.3) is 23.0 Å². The Bertz CT molecular complexity index is 1490. The van der Waals surface area contributed by atoms with Gasteiger partial charge in [-0.1, -0.05) is 36.4 Å². The van der Waals surface area contributed by atoms with E-state index in [1.54, 1.807) is 38.1 Å². The quantitative estimate of drug-likeness (QED) is 0.451. The van der Waals surface area contributed by atoms with Gasteiger partial charge >= 0.3 is 11.4 Å². The van der Waals surface area contributed by atoms with Gasteiger partial charge in [0, 0.05) is 0 Å². The highest BCUT2D eigenvalue weighted by Crippen LogP contribution is 2.11. The van der Waals surface area contributed by atoms with Crippen LogP contribution in [0.3, 0.4) is 0 Å². The Morgan fingerprint density at radius 3 is 1.87 bits per heavy atom. The van der Waals surface area contributed by atoms with Crippen molar-refractivity contribution >= 4 is 5.65 Å². The molecule has 0 amide bonds. The van der Waals surface area contributed by atoms with Gasteiger partial charge in [0.2, 0.25) is 5.95 Å². The summed E-state index contributed by atoms with van der Waals surface area (Å²) in [6, 6.07) is 18.1. The van der Waals surface area contributed by atoms with Crippen LogP contribution in [0.4, 0.5) is 0 Å². The van der Waals surface area contributed by atoms with E-state index in [4.69, 9.17) is 0 Å². The summed E-state index contributed by atoms with van der Waals surface area (Å²) in [6.07, 6.45) is 0. The van der Waals surface area contributed by atoms with Crippen molar-refractivity contribution in [1.29, 1.82) is 0 Å². The maximum absolute atomic E-state index is 13.3. The summed E-state index contributed by atoms with van der Waals surface area (Å²) in [5.74, 6) is 0.438. The van der Waals surface area contributed by atoms with Crippen molar-refractivity contribution in [2.24, 2.45) is 0 Å². The zero-order chi connectivity index (χ0) is 20.8. The van der Waals surface area contributed by atoms with Gasteiger partial charge in [0.05, 0.1) is 11.4 Å². The van der Waals surface area contributed by atoms with Crippen LogP contribution in [0.2, 0.25) is 0 Å². The summed E-state index contributed by atoms with van der Waals surface area (Å²) in [5.41, 5.74) is 1.04. The predicted octanol–water partition coefficient (Wildman–Crippen LogP) is 1.23. The zero-order valence-electron chi connectivity index (χ0n) is 16.2. The van der Waals surface area contributed by atoms with Gasteiger partial charge in [-0.05, 0) is 38.1 Å². The summed E-state index contributed by atoms with van der Waals surface area (Å²) in [6.45, 7) is 3.40. The molecule has 0 radical (unpaired) electrons. The fourth-order valence-corrected chi connectivity index (χ4v) is 3.33. The fourth-order valence-electron chi connectivity index (χ4n) is 3.33. The van der Waals surface area contributed by atoms with E-state index in [0.717, 1.165) is 0 Å². The Labute approximate surface area is 169 Å². The van der Waals surface area contributed by atoms with Crippen molar-refractivity contribution < 1.29 is 0 Å². The van der Waals surface area contributed by atoms with Crippen LogP contribution in [0, 0.1) is 13.8 Å². The average molecular weight is 400 g/mol. The molecule has 2 aromatic carbocycles. The van der Waals surface area contributed by atoms with E-state index >= 15 is 0 Å². The number of fused-ring (bicyclic) bond motifs is 1. The minimum atomic E-state index is -0.486. The van der Waals surface area contributed by atoms with Crippen LogP contribution < -0.4 is 11.4 Å². The van der Waals surface area contributed by atoms with Crippen LogP contribution in [0.1, 0.15) is 11.5 Å². The molecule has 5 rings (SSSR count). The highest BCUT2D eigenvalue weighted by Gasteiger charge is 2.22. The lowest BCUT2D eigenvalue weighted by Crippen LogP contribution is -2.32. The summed E-state index contributed by atoms with van der Waals surface area (Å²) >= 11 is 0. The van der Waals surface area contributed by atoms with Crippen LogP contribution in [0.15, 0.2) is 70.3 Å². The molecule has 0 spiro atoms. The molecule has 0 unspecified atom stereocenters. The SMILES string of the molecule is Cc1nn(-c2ccccc2)c(=O)n2c(-n3c(C)nn(-c4ccccc4)c3=O)nnc12. The number of aryl methyl sites for hydroxylation is 2. The van der Waals surface area contributed by atoms with E-state index in [1.165, 1.54) is 18.3 Å². The van der Waals surface area contributed by atoms with Crippen LogP contribution >= 0.6 is 0 Å². The van der Waals surface area contributed by atoms with Crippen molar-refractivity contribution in [2.75, 3.05) is 0 Å². The molecule has 10 heteroatoms. The molecule has 148 valence electrons. The number of benzene rings is 2. The van der Waals surface area contributed by atoms with Crippen LogP contribution in [-0.4, -0.2) is 38.7 Å². The number of hydrogen-bond donors (Lipinski definition) is 0. The fraction of sp³-hybridized carbons (Fsp3) is 0.100. The number of rotatable bonds is 3. The molecular weight excluding hydrogens is 384 g/mol. The third-order valence-electron chi connectivity index (χ3n) is 4.73. The van der Waals surface area contributed by atoms with Gasteiger partial charge in [-0.15, -0.1) is 15.3 Å². The third kappa shape index (κ3) is 2.58. The Hall–Kier alpha value is -4.34. The first-order valence-electron chi connectivity index (χ1n) is 9.21. The Kier molecular flexibility index (Phi) is 3.91. The van der Waals surface area contributed by atoms with Crippen molar-refractivity contribution in [1.82, 2.24) is 38.7 Å². The van der Waals surface area contributed by atoms with E-state index in [-0.39, 0.29) is 11.6 Å². The second kappa shape index (κ2) is 6.62. The van der Waals surface area contributed by atoms with Crippen LogP contribution in [0.5, 0.6) is 0 Å². The molecule has 0 fully saturated rings. The number of aromatic nitrogens is 8. The van der Waals surface area contributed by atoms with E-state index in [1.807, 2.05) is 36.4 Å². The molecule has 0 N–H and O–H groups in total. The normalized spacial score (nSPS) is 11.3. The molecule has 3 aromatic heterocycles. The first kappa shape index (κ1) is 17.7.